The summed E-state index contributed by atoms with van der Waals surface area (Å²) in [5.74, 6) is 1.32. The van der Waals surface area contributed by atoms with Gasteiger partial charge in [-0.15, -0.1) is 0 Å². The molecule has 1 aromatic carbocycles. The van der Waals surface area contributed by atoms with Crippen LogP contribution in [0.25, 0.3) is 0 Å². The maximum absolute atomic E-state index is 12.8. The van der Waals surface area contributed by atoms with Gasteiger partial charge in [0.2, 0.25) is 5.95 Å². The van der Waals surface area contributed by atoms with Crippen molar-refractivity contribution in [1.82, 2.24) is 14.9 Å². The maximum atomic E-state index is 12.8. The van der Waals surface area contributed by atoms with Gasteiger partial charge in [0.1, 0.15) is 5.75 Å². The van der Waals surface area contributed by atoms with E-state index in [0.29, 0.717) is 17.6 Å². The van der Waals surface area contributed by atoms with Gasteiger partial charge in [-0.3, -0.25) is 4.79 Å². The lowest BCUT2D eigenvalue weighted by Gasteiger charge is -2.35. The summed E-state index contributed by atoms with van der Waals surface area (Å²) in [7, 11) is 0. The molecule has 1 unspecified atom stereocenters. The Morgan fingerprint density at radius 2 is 1.93 bits per heavy atom. The number of aromatic nitrogens is 2. The number of hydrogen-bond donors (Lipinski definition) is 1. The first-order valence-electron chi connectivity index (χ1n) is 9.73. The lowest BCUT2D eigenvalue weighted by atomic mass is 9.99. The van der Waals surface area contributed by atoms with Gasteiger partial charge in [0, 0.05) is 30.7 Å². The van der Waals surface area contributed by atoms with Crippen LogP contribution in [0.2, 0.25) is 0 Å². The van der Waals surface area contributed by atoms with Gasteiger partial charge in [-0.05, 0) is 63.8 Å². The number of rotatable bonds is 6. The zero-order chi connectivity index (χ0) is 19.2. The molecule has 144 valence electrons. The molecule has 1 aromatic heterocycles. The second-order valence-electron chi connectivity index (χ2n) is 7.17. The Morgan fingerprint density at radius 1 is 1.22 bits per heavy atom. The number of nitrogens with zero attached hydrogens (tertiary/aromatic N) is 3. The molecule has 1 atom stereocenters. The molecule has 3 rings (SSSR count). The van der Waals surface area contributed by atoms with E-state index in [1.165, 1.54) is 6.42 Å². The van der Waals surface area contributed by atoms with Gasteiger partial charge < -0.3 is 15.0 Å². The van der Waals surface area contributed by atoms with Crippen molar-refractivity contribution in [2.45, 2.75) is 58.6 Å². The maximum Gasteiger partial charge on any atom is 0.257 e. The quantitative estimate of drug-likeness (QED) is 0.818. The zero-order valence-corrected chi connectivity index (χ0v) is 16.3. The summed E-state index contributed by atoms with van der Waals surface area (Å²) in [6.45, 7) is 6.95. The largest absolute Gasteiger partial charge is 0.491 e. The third kappa shape index (κ3) is 4.96. The van der Waals surface area contributed by atoms with Crippen molar-refractivity contribution in [3.8, 4) is 5.75 Å². The Balaban J connectivity index is 1.63. The Kier molecular flexibility index (Phi) is 6.27. The highest BCUT2D eigenvalue weighted by atomic mass is 16.5. The third-order valence-electron chi connectivity index (χ3n) is 4.74. The van der Waals surface area contributed by atoms with E-state index in [1.807, 2.05) is 43.0 Å². The summed E-state index contributed by atoms with van der Waals surface area (Å²) >= 11 is 0. The molecule has 0 radical (unpaired) electrons. The second-order valence-corrected chi connectivity index (χ2v) is 7.17. The summed E-state index contributed by atoms with van der Waals surface area (Å²) in [6, 6.07) is 7.97. The van der Waals surface area contributed by atoms with Crippen LogP contribution in [0.3, 0.4) is 0 Å². The van der Waals surface area contributed by atoms with Crippen LogP contribution in [-0.2, 0) is 0 Å². The SMILES string of the molecule is CCC1CCCCN1C(=O)c1cnc(Nc2ccc(OC(C)C)cc2)nc1. The van der Waals surface area contributed by atoms with Crippen LogP contribution in [0.15, 0.2) is 36.7 Å². The van der Waals surface area contributed by atoms with Crippen LogP contribution in [0.1, 0.15) is 56.8 Å². The fourth-order valence-electron chi connectivity index (χ4n) is 3.38. The number of nitrogens with one attached hydrogen (secondary N) is 1. The van der Waals surface area contributed by atoms with Crippen LogP contribution in [0.5, 0.6) is 5.75 Å². The van der Waals surface area contributed by atoms with Crippen molar-refractivity contribution < 1.29 is 9.53 Å². The number of anilines is 2. The van der Waals surface area contributed by atoms with E-state index in [0.717, 1.165) is 37.2 Å². The minimum atomic E-state index is 0.0308. The van der Waals surface area contributed by atoms with Gasteiger partial charge in [0.15, 0.2) is 0 Å². The van der Waals surface area contributed by atoms with Crippen molar-refractivity contribution in [2.24, 2.45) is 0 Å². The molecule has 2 aromatic rings. The highest BCUT2D eigenvalue weighted by molar-refractivity contribution is 5.94. The number of carbonyl (C=O) groups is 1. The van der Waals surface area contributed by atoms with E-state index in [4.69, 9.17) is 4.74 Å². The first-order chi connectivity index (χ1) is 13.1. The molecule has 6 heteroatoms. The van der Waals surface area contributed by atoms with Crippen molar-refractivity contribution in [2.75, 3.05) is 11.9 Å². The monoisotopic (exact) mass is 368 g/mol. The van der Waals surface area contributed by atoms with Gasteiger partial charge >= 0.3 is 0 Å². The van der Waals surface area contributed by atoms with Crippen molar-refractivity contribution in [3.63, 3.8) is 0 Å². The lowest BCUT2D eigenvalue weighted by Crippen LogP contribution is -2.43. The summed E-state index contributed by atoms with van der Waals surface area (Å²) in [4.78, 5) is 23.4. The Labute approximate surface area is 161 Å². The van der Waals surface area contributed by atoms with Gasteiger partial charge in [-0.1, -0.05) is 6.92 Å². The fraction of sp³-hybridized carbons (Fsp3) is 0.476. The van der Waals surface area contributed by atoms with Gasteiger partial charge in [-0.2, -0.15) is 0 Å². The van der Waals surface area contributed by atoms with E-state index >= 15 is 0 Å². The van der Waals surface area contributed by atoms with E-state index in [2.05, 4.69) is 22.2 Å². The van der Waals surface area contributed by atoms with Crippen molar-refractivity contribution in [1.29, 1.82) is 0 Å². The number of ether oxygens (including phenoxy) is 1. The van der Waals surface area contributed by atoms with Gasteiger partial charge in [-0.25, -0.2) is 9.97 Å². The zero-order valence-electron chi connectivity index (χ0n) is 16.3. The minimum Gasteiger partial charge on any atom is -0.491 e. The Hall–Kier alpha value is -2.63. The molecular weight excluding hydrogens is 340 g/mol. The number of likely N-dealkylation sites (tertiary alicyclic amines) is 1. The summed E-state index contributed by atoms with van der Waals surface area (Å²) in [5.41, 5.74) is 1.41. The molecule has 1 amide bonds. The third-order valence-corrected chi connectivity index (χ3v) is 4.74. The van der Waals surface area contributed by atoms with E-state index in [1.54, 1.807) is 12.4 Å². The van der Waals surface area contributed by atoms with Crippen LogP contribution in [0, 0.1) is 0 Å². The van der Waals surface area contributed by atoms with Crippen LogP contribution in [0.4, 0.5) is 11.6 Å². The molecule has 0 saturated carbocycles. The first kappa shape index (κ1) is 19.1. The molecule has 6 nitrogen and oxygen atoms in total. The Morgan fingerprint density at radius 3 is 2.56 bits per heavy atom. The van der Waals surface area contributed by atoms with Crippen molar-refractivity contribution >= 4 is 17.5 Å². The molecular formula is C21H28N4O2. The van der Waals surface area contributed by atoms with Crippen LogP contribution in [-0.4, -0.2) is 39.5 Å². The number of piperidine rings is 1. The summed E-state index contributed by atoms with van der Waals surface area (Å²) in [5, 5.41) is 3.15. The van der Waals surface area contributed by atoms with Crippen LogP contribution >= 0.6 is 0 Å². The van der Waals surface area contributed by atoms with E-state index < -0.39 is 0 Å². The molecule has 0 aliphatic carbocycles. The molecule has 1 saturated heterocycles. The predicted octanol–water partition coefficient (Wildman–Crippen LogP) is 4.41. The molecule has 1 N–H and O–H groups in total. The highest BCUT2D eigenvalue weighted by Gasteiger charge is 2.26. The van der Waals surface area contributed by atoms with Gasteiger partial charge in [0.05, 0.1) is 11.7 Å². The molecule has 27 heavy (non-hydrogen) atoms. The van der Waals surface area contributed by atoms with Crippen molar-refractivity contribution in [3.05, 3.63) is 42.2 Å². The highest BCUT2D eigenvalue weighted by Crippen LogP contribution is 2.22. The number of amides is 1. The summed E-state index contributed by atoms with van der Waals surface area (Å²) in [6.07, 6.45) is 7.69. The Bertz CT molecular complexity index is 744. The lowest BCUT2D eigenvalue weighted by molar-refractivity contribution is 0.0607. The molecule has 1 aliphatic heterocycles. The fourth-order valence-corrected chi connectivity index (χ4v) is 3.38. The smallest absolute Gasteiger partial charge is 0.257 e. The van der Waals surface area contributed by atoms with E-state index in [9.17, 15) is 4.79 Å². The normalized spacial score (nSPS) is 17.0. The van der Waals surface area contributed by atoms with E-state index in [-0.39, 0.29) is 12.0 Å². The first-order valence-corrected chi connectivity index (χ1v) is 9.73. The summed E-state index contributed by atoms with van der Waals surface area (Å²) < 4.78 is 5.64. The average molecular weight is 368 g/mol. The second kappa shape index (κ2) is 8.84. The number of hydrogen-bond acceptors (Lipinski definition) is 5. The molecule has 2 heterocycles. The minimum absolute atomic E-state index is 0.0308. The topological polar surface area (TPSA) is 67.4 Å². The predicted molar refractivity (Wildman–Crippen MR) is 106 cm³/mol. The molecule has 1 fully saturated rings. The number of benzene rings is 1. The molecule has 1 aliphatic rings. The molecule has 0 spiro atoms. The standard InChI is InChI=1S/C21H28N4O2/c1-4-18-7-5-6-12-25(18)20(26)16-13-22-21(23-14-16)24-17-8-10-19(11-9-17)27-15(2)3/h8-11,13-15,18H,4-7,12H2,1-3H3,(H,22,23,24). The molecule has 0 bridgehead atoms. The number of carbonyl (C=O) groups excluding carboxylic acids is 1. The average Bonchev–Trinajstić information content (AvgIpc) is 2.69. The van der Waals surface area contributed by atoms with Gasteiger partial charge in [0.25, 0.3) is 5.91 Å². The van der Waals surface area contributed by atoms with Crippen LogP contribution < -0.4 is 10.1 Å².